The summed E-state index contributed by atoms with van der Waals surface area (Å²) in [6.07, 6.45) is 0. The lowest BCUT2D eigenvalue weighted by Crippen LogP contribution is -2.38. The molecule has 0 aromatic heterocycles. The van der Waals surface area contributed by atoms with Gasteiger partial charge in [-0.1, -0.05) is 29.8 Å². The number of aliphatic imine (C=N–C) groups is 1. The first-order valence-corrected chi connectivity index (χ1v) is 9.49. The molecule has 2 N–H and O–H groups in total. The summed E-state index contributed by atoms with van der Waals surface area (Å²) < 4.78 is 5.30. The largest absolute Gasteiger partial charge is 0.495 e. The van der Waals surface area contributed by atoms with Crippen molar-refractivity contribution in [3.8, 4) is 5.75 Å². The van der Waals surface area contributed by atoms with Gasteiger partial charge in [0.05, 0.1) is 19.3 Å². The Hall–Kier alpha value is -2.73. The zero-order valence-electron chi connectivity index (χ0n) is 16.8. The lowest BCUT2D eigenvalue weighted by Gasteiger charge is -2.22. The van der Waals surface area contributed by atoms with Gasteiger partial charge in [0.15, 0.2) is 5.96 Å². The maximum atomic E-state index is 11.4. The summed E-state index contributed by atoms with van der Waals surface area (Å²) in [7, 11) is 3.56. The van der Waals surface area contributed by atoms with E-state index in [1.54, 1.807) is 7.11 Å². The zero-order chi connectivity index (χ0) is 20.5. The minimum absolute atomic E-state index is 0.145. The molecular weight excluding hydrogens is 376 g/mol. The summed E-state index contributed by atoms with van der Waals surface area (Å²) >= 11 is 6.08. The van der Waals surface area contributed by atoms with Gasteiger partial charge in [0.25, 0.3) is 0 Å². The Labute approximate surface area is 171 Å². The lowest BCUT2D eigenvalue weighted by atomic mass is 10.2. The van der Waals surface area contributed by atoms with Gasteiger partial charge in [0, 0.05) is 32.1 Å². The molecule has 0 aliphatic carbocycles. The van der Waals surface area contributed by atoms with Crippen LogP contribution in [-0.2, 0) is 17.9 Å². The van der Waals surface area contributed by atoms with Crippen molar-refractivity contribution in [1.82, 2.24) is 10.2 Å². The van der Waals surface area contributed by atoms with Gasteiger partial charge >= 0.3 is 0 Å². The molecule has 0 fully saturated rings. The van der Waals surface area contributed by atoms with Crippen LogP contribution >= 0.6 is 11.6 Å². The first kappa shape index (κ1) is 21.6. The van der Waals surface area contributed by atoms with Crippen molar-refractivity contribution in [1.29, 1.82) is 0 Å². The highest BCUT2D eigenvalue weighted by atomic mass is 35.5. The SMILES string of the molecule is CCNC(=NCc1ccc(OC)c(NC(C)=O)c1)N(C)Cc1cccc(Cl)c1. The fourth-order valence-electron chi connectivity index (χ4n) is 2.76. The van der Waals surface area contributed by atoms with Crippen LogP contribution in [0.1, 0.15) is 25.0 Å². The maximum Gasteiger partial charge on any atom is 0.221 e. The third-order valence-electron chi connectivity index (χ3n) is 3.99. The highest BCUT2D eigenvalue weighted by Crippen LogP contribution is 2.25. The van der Waals surface area contributed by atoms with Gasteiger partial charge in [-0.05, 0) is 42.3 Å². The Morgan fingerprint density at radius 3 is 2.64 bits per heavy atom. The van der Waals surface area contributed by atoms with Crippen LogP contribution in [0.25, 0.3) is 0 Å². The summed E-state index contributed by atoms with van der Waals surface area (Å²) in [6, 6.07) is 13.4. The molecule has 28 heavy (non-hydrogen) atoms. The molecule has 0 aliphatic heterocycles. The third kappa shape index (κ3) is 6.46. The van der Waals surface area contributed by atoms with Gasteiger partial charge < -0.3 is 20.3 Å². The van der Waals surface area contributed by atoms with Crippen molar-refractivity contribution in [2.24, 2.45) is 4.99 Å². The molecule has 0 saturated carbocycles. The van der Waals surface area contributed by atoms with Crippen molar-refractivity contribution in [3.63, 3.8) is 0 Å². The molecule has 0 heterocycles. The molecule has 150 valence electrons. The Morgan fingerprint density at radius 1 is 1.21 bits per heavy atom. The second-order valence-corrected chi connectivity index (χ2v) is 6.81. The number of nitrogens with one attached hydrogen (secondary N) is 2. The van der Waals surface area contributed by atoms with Gasteiger partial charge in [0.1, 0.15) is 5.75 Å². The molecule has 7 heteroatoms. The van der Waals surface area contributed by atoms with Crippen molar-refractivity contribution in [2.75, 3.05) is 26.0 Å². The summed E-state index contributed by atoms with van der Waals surface area (Å²) in [5.74, 6) is 1.26. The number of rotatable bonds is 7. The number of hydrogen-bond donors (Lipinski definition) is 2. The molecule has 2 aromatic rings. The Balaban J connectivity index is 2.16. The number of amides is 1. The van der Waals surface area contributed by atoms with Gasteiger partial charge in [-0.25, -0.2) is 4.99 Å². The van der Waals surface area contributed by atoms with E-state index in [0.29, 0.717) is 24.5 Å². The summed E-state index contributed by atoms with van der Waals surface area (Å²) in [4.78, 5) is 18.2. The van der Waals surface area contributed by atoms with Crippen LogP contribution in [-0.4, -0.2) is 37.5 Å². The third-order valence-corrected chi connectivity index (χ3v) is 4.23. The number of hydrogen-bond acceptors (Lipinski definition) is 3. The normalized spacial score (nSPS) is 11.1. The molecule has 0 radical (unpaired) electrons. The Bertz CT molecular complexity index is 839. The number of carbonyl (C=O) groups is 1. The molecule has 0 saturated heterocycles. The molecule has 0 bridgehead atoms. The van der Waals surface area contributed by atoms with Crippen LogP contribution < -0.4 is 15.4 Å². The summed E-state index contributed by atoms with van der Waals surface area (Å²) in [5, 5.41) is 6.81. The summed E-state index contributed by atoms with van der Waals surface area (Å²) in [6.45, 7) is 5.42. The maximum absolute atomic E-state index is 11.4. The number of guanidine groups is 1. The molecule has 2 rings (SSSR count). The average molecular weight is 403 g/mol. The highest BCUT2D eigenvalue weighted by molar-refractivity contribution is 6.30. The van der Waals surface area contributed by atoms with Crippen molar-refractivity contribution in [2.45, 2.75) is 26.9 Å². The first-order valence-electron chi connectivity index (χ1n) is 9.11. The predicted molar refractivity (Wildman–Crippen MR) is 115 cm³/mol. The van der Waals surface area contributed by atoms with E-state index in [-0.39, 0.29) is 5.91 Å². The van der Waals surface area contributed by atoms with Gasteiger partial charge in [0.2, 0.25) is 5.91 Å². The van der Waals surface area contributed by atoms with Gasteiger partial charge in [-0.3, -0.25) is 4.79 Å². The van der Waals surface area contributed by atoms with E-state index in [9.17, 15) is 4.79 Å². The number of methoxy groups -OCH3 is 1. The number of nitrogens with zero attached hydrogens (tertiary/aromatic N) is 2. The topological polar surface area (TPSA) is 66.0 Å². The first-order chi connectivity index (χ1) is 13.4. The van der Waals surface area contributed by atoms with Gasteiger partial charge in [-0.15, -0.1) is 0 Å². The van der Waals surface area contributed by atoms with E-state index in [0.717, 1.165) is 28.7 Å². The van der Waals surface area contributed by atoms with Crippen molar-refractivity contribution < 1.29 is 9.53 Å². The standard InChI is InChI=1S/C21H27ClN4O2/c1-5-23-21(26(3)14-17-7-6-8-18(22)11-17)24-13-16-9-10-20(28-4)19(12-16)25-15(2)27/h6-12H,5,13-14H2,1-4H3,(H,23,24)(H,25,27). The second kappa shape index (κ2) is 10.6. The van der Waals surface area contributed by atoms with E-state index < -0.39 is 0 Å². The summed E-state index contributed by atoms with van der Waals surface area (Å²) in [5.41, 5.74) is 2.72. The minimum atomic E-state index is -0.145. The van der Waals surface area contributed by atoms with E-state index in [1.807, 2.05) is 61.3 Å². The number of carbonyl (C=O) groups excluding carboxylic acids is 1. The molecule has 0 unspecified atom stereocenters. The van der Waals surface area contributed by atoms with Crippen LogP contribution in [0.3, 0.4) is 0 Å². The van der Waals surface area contributed by atoms with Crippen molar-refractivity contribution >= 4 is 29.2 Å². The molecule has 0 spiro atoms. The number of anilines is 1. The fourth-order valence-corrected chi connectivity index (χ4v) is 2.97. The smallest absolute Gasteiger partial charge is 0.221 e. The van der Waals surface area contributed by atoms with Crippen LogP contribution in [0.2, 0.25) is 5.02 Å². The Morgan fingerprint density at radius 2 is 2.00 bits per heavy atom. The fraction of sp³-hybridized carbons (Fsp3) is 0.333. The van der Waals surface area contributed by atoms with E-state index in [1.165, 1.54) is 6.92 Å². The second-order valence-electron chi connectivity index (χ2n) is 6.37. The zero-order valence-corrected chi connectivity index (χ0v) is 17.5. The van der Waals surface area contributed by atoms with Crippen LogP contribution in [0.4, 0.5) is 5.69 Å². The monoisotopic (exact) mass is 402 g/mol. The van der Waals surface area contributed by atoms with Crippen LogP contribution in [0.5, 0.6) is 5.75 Å². The van der Waals surface area contributed by atoms with Crippen molar-refractivity contribution in [3.05, 3.63) is 58.6 Å². The molecular formula is C21H27ClN4O2. The molecule has 6 nitrogen and oxygen atoms in total. The average Bonchev–Trinajstić information content (AvgIpc) is 2.64. The van der Waals surface area contributed by atoms with E-state index in [2.05, 4.69) is 10.6 Å². The molecule has 2 aromatic carbocycles. The highest BCUT2D eigenvalue weighted by Gasteiger charge is 2.09. The predicted octanol–water partition coefficient (Wildman–Crippen LogP) is 3.90. The van der Waals surface area contributed by atoms with E-state index >= 15 is 0 Å². The molecule has 0 atom stereocenters. The number of halogens is 1. The molecule has 1 amide bonds. The molecule has 0 aliphatic rings. The lowest BCUT2D eigenvalue weighted by molar-refractivity contribution is -0.114. The van der Waals surface area contributed by atoms with Crippen LogP contribution in [0, 0.1) is 0 Å². The Kier molecular flexibility index (Phi) is 8.14. The minimum Gasteiger partial charge on any atom is -0.495 e. The number of benzene rings is 2. The van der Waals surface area contributed by atoms with Gasteiger partial charge in [-0.2, -0.15) is 0 Å². The van der Waals surface area contributed by atoms with E-state index in [4.69, 9.17) is 21.3 Å². The quantitative estimate of drug-likeness (QED) is 0.544. The van der Waals surface area contributed by atoms with Crippen LogP contribution in [0.15, 0.2) is 47.5 Å². The number of ether oxygens (including phenoxy) is 1.